The predicted octanol–water partition coefficient (Wildman–Crippen LogP) is 0.755. The van der Waals surface area contributed by atoms with Gasteiger partial charge in [0.1, 0.15) is 0 Å². The fraction of sp³-hybridized carbons (Fsp3) is 0.538. The number of nitrogen functional groups attached to an aromatic ring is 2. The van der Waals surface area contributed by atoms with Crippen molar-refractivity contribution in [1.82, 2.24) is 20.6 Å². The van der Waals surface area contributed by atoms with E-state index in [9.17, 15) is 4.79 Å². The minimum atomic E-state index is -0.672. The lowest BCUT2D eigenvalue weighted by Gasteiger charge is -2.10. The second kappa shape index (κ2) is 9.80. The first-order valence-electron chi connectivity index (χ1n) is 7.17. The predicted molar refractivity (Wildman–Crippen MR) is 89.4 cm³/mol. The number of carbonyl (C=O) groups is 1. The number of anilines is 2. The fourth-order valence-corrected chi connectivity index (χ4v) is 1.89. The molecular formula is C13H22ClN7O2. The number of unbranched alkanes of at least 4 members (excludes halogenated alkanes) is 3. The van der Waals surface area contributed by atoms with Gasteiger partial charge in [-0.2, -0.15) is 0 Å². The van der Waals surface area contributed by atoms with E-state index in [0.29, 0.717) is 6.54 Å². The topological polar surface area (TPSA) is 152 Å². The van der Waals surface area contributed by atoms with Crippen molar-refractivity contribution < 1.29 is 9.53 Å². The Bertz CT molecular complexity index is 553. The Hall–Kier alpha value is -2.13. The maximum Gasteiger partial charge on any atom is 0.280 e. The summed E-state index contributed by atoms with van der Waals surface area (Å²) in [6, 6.07) is 0. The molecule has 0 fully saturated rings. The maximum absolute atomic E-state index is 12.0. The molecule has 1 heterocycles. The summed E-state index contributed by atoms with van der Waals surface area (Å²) in [5.41, 5.74) is 10.8. The van der Waals surface area contributed by atoms with Gasteiger partial charge in [0.2, 0.25) is 0 Å². The van der Waals surface area contributed by atoms with Crippen LogP contribution in [0.5, 0.6) is 0 Å². The van der Waals surface area contributed by atoms with E-state index in [1.807, 2.05) is 0 Å². The van der Waals surface area contributed by atoms with Crippen molar-refractivity contribution in [2.45, 2.75) is 25.7 Å². The molecule has 0 radical (unpaired) electrons. The lowest BCUT2D eigenvalue weighted by molar-refractivity contribution is 0.0971. The van der Waals surface area contributed by atoms with Crippen LogP contribution in [-0.4, -0.2) is 42.1 Å². The van der Waals surface area contributed by atoms with Crippen LogP contribution in [-0.2, 0) is 4.74 Å². The van der Waals surface area contributed by atoms with E-state index in [2.05, 4.69) is 20.6 Å². The van der Waals surface area contributed by atoms with Crippen molar-refractivity contribution in [2.24, 2.45) is 0 Å². The minimum Gasteiger partial charge on any atom is -0.385 e. The van der Waals surface area contributed by atoms with Crippen molar-refractivity contribution in [1.29, 1.82) is 5.41 Å². The Morgan fingerprint density at radius 3 is 2.61 bits per heavy atom. The van der Waals surface area contributed by atoms with Gasteiger partial charge in [0.15, 0.2) is 28.4 Å². The summed E-state index contributed by atoms with van der Waals surface area (Å²) in [7, 11) is 1.68. The molecule has 0 aliphatic heterocycles. The summed E-state index contributed by atoms with van der Waals surface area (Å²) < 4.78 is 4.96. The van der Waals surface area contributed by atoms with Gasteiger partial charge in [-0.3, -0.25) is 15.5 Å². The normalized spacial score (nSPS) is 10.3. The van der Waals surface area contributed by atoms with Gasteiger partial charge in [-0.25, -0.2) is 9.97 Å². The number of aromatic nitrogens is 2. The third kappa shape index (κ3) is 6.66. The highest BCUT2D eigenvalue weighted by Gasteiger charge is 2.16. The standard InChI is InChI=1S/C13H22ClN7O2/c1-23-7-5-3-2-4-6-18-13(17)21-12(22)8-10(15)20-11(16)9(14)19-8/h2-7H2,1H3,(H4,15,16,20)(H3,17,18,21,22). The summed E-state index contributed by atoms with van der Waals surface area (Å²) in [5.74, 6) is -1.01. The first-order valence-corrected chi connectivity index (χ1v) is 7.54. The Balaban J connectivity index is 2.34. The van der Waals surface area contributed by atoms with Crippen LogP contribution >= 0.6 is 11.6 Å². The first kappa shape index (κ1) is 18.9. The molecule has 0 aliphatic carbocycles. The van der Waals surface area contributed by atoms with Crippen molar-refractivity contribution in [3.05, 3.63) is 10.8 Å². The quantitative estimate of drug-likeness (QED) is 0.265. The Kier molecular flexibility index (Phi) is 8.06. The van der Waals surface area contributed by atoms with E-state index in [0.717, 1.165) is 32.3 Å². The highest BCUT2D eigenvalue weighted by molar-refractivity contribution is 6.31. The number of nitrogens with one attached hydrogen (secondary N) is 3. The molecule has 0 bridgehead atoms. The smallest absolute Gasteiger partial charge is 0.280 e. The number of nitrogens with two attached hydrogens (primary N) is 2. The van der Waals surface area contributed by atoms with Gasteiger partial charge in [0.25, 0.3) is 5.91 Å². The summed E-state index contributed by atoms with van der Waals surface area (Å²) in [5, 5.41) is 12.7. The van der Waals surface area contributed by atoms with Gasteiger partial charge >= 0.3 is 0 Å². The number of nitrogens with zero attached hydrogens (tertiary/aromatic N) is 2. The summed E-state index contributed by atoms with van der Waals surface area (Å²) in [6.07, 6.45) is 3.98. The van der Waals surface area contributed by atoms with Crippen molar-refractivity contribution in [3.8, 4) is 0 Å². The first-order chi connectivity index (χ1) is 11.0. The van der Waals surface area contributed by atoms with Gasteiger partial charge in [0, 0.05) is 20.3 Å². The highest BCUT2D eigenvalue weighted by Crippen LogP contribution is 2.17. The Morgan fingerprint density at radius 2 is 1.91 bits per heavy atom. The number of carbonyl (C=O) groups excluding carboxylic acids is 1. The monoisotopic (exact) mass is 343 g/mol. The molecule has 0 unspecified atom stereocenters. The van der Waals surface area contributed by atoms with Crippen molar-refractivity contribution in [2.75, 3.05) is 31.7 Å². The van der Waals surface area contributed by atoms with E-state index in [4.69, 9.17) is 33.2 Å². The van der Waals surface area contributed by atoms with Crippen molar-refractivity contribution in [3.63, 3.8) is 0 Å². The molecule has 9 nitrogen and oxygen atoms in total. The van der Waals surface area contributed by atoms with E-state index in [-0.39, 0.29) is 28.4 Å². The average molecular weight is 344 g/mol. The third-order valence-electron chi connectivity index (χ3n) is 2.94. The molecule has 0 aromatic carbocycles. The van der Waals surface area contributed by atoms with Gasteiger partial charge in [-0.1, -0.05) is 24.4 Å². The highest BCUT2D eigenvalue weighted by atomic mass is 35.5. The number of rotatable bonds is 8. The maximum atomic E-state index is 12.0. The fourth-order valence-electron chi connectivity index (χ4n) is 1.76. The minimum absolute atomic E-state index is 0.0533. The van der Waals surface area contributed by atoms with Gasteiger partial charge in [-0.05, 0) is 12.8 Å². The SMILES string of the molecule is COCCCCCCNC(=N)NC(=O)c1nc(Cl)c(N)nc1N. The molecule has 1 aromatic rings. The molecule has 10 heteroatoms. The third-order valence-corrected chi connectivity index (χ3v) is 3.21. The number of ether oxygens (including phenoxy) is 1. The summed E-state index contributed by atoms with van der Waals surface area (Å²) in [4.78, 5) is 19.4. The molecule has 0 saturated heterocycles. The van der Waals surface area contributed by atoms with Crippen LogP contribution in [0.3, 0.4) is 0 Å². The number of guanidine groups is 1. The zero-order valence-electron chi connectivity index (χ0n) is 13.0. The average Bonchev–Trinajstić information content (AvgIpc) is 2.49. The molecule has 0 atom stereocenters. The number of hydrogen-bond acceptors (Lipinski definition) is 7. The number of hydrogen-bond donors (Lipinski definition) is 5. The van der Waals surface area contributed by atoms with E-state index < -0.39 is 5.91 Å². The van der Waals surface area contributed by atoms with E-state index in [1.54, 1.807) is 7.11 Å². The number of methoxy groups -OCH3 is 1. The summed E-state index contributed by atoms with van der Waals surface area (Å²) in [6.45, 7) is 1.33. The van der Waals surface area contributed by atoms with Crippen LogP contribution in [0.2, 0.25) is 5.15 Å². The lowest BCUT2D eigenvalue weighted by Crippen LogP contribution is -2.41. The Morgan fingerprint density at radius 1 is 1.22 bits per heavy atom. The molecule has 0 spiro atoms. The second-order valence-corrected chi connectivity index (χ2v) is 5.15. The van der Waals surface area contributed by atoms with Gasteiger partial charge < -0.3 is 21.5 Å². The van der Waals surface area contributed by atoms with Crippen LogP contribution in [0.1, 0.15) is 36.2 Å². The molecule has 1 rings (SSSR count). The van der Waals surface area contributed by atoms with Crippen LogP contribution < -0.4 is 22.1 Å². The van der Waals surface area contributed by atoms with Crippen LogP contribution in [0.15, 0.2) is 0 Å². The lowest BCUT2D eigenvalue weighted by atomic mass is 10.2. The molecular weight excluding hydrogens is 322 g/mol. The molecule has 7 N–H and O–H groups in total. The molecule has 128 valence electrons. The van der Waals surface area contributed by atoms with Crippen LogP contribution in [0, 0.1) is 5.41 Å². The molecule has 1 aromatic heterocycles. The van der Waals surface area contributed by atoms with Gasteiger partial charge in [0.05, 0.1) is 0 Å². The zero-order valence-corrected chi connectivity index (χ0v) is 13.7. The van der Waals surface area contributed by atoms with Gasteiger partial charge in [-0.15, -0.1) is 0 Å². The van der Waals surface area contributed by atoms with Crippen LogP contribution in [0.4, 0.5) is 11.6 Å². The van der Waals surface area contributed by atoms with Crippen molar-refractivity contribution >= 4 is 35.1 Å². The number of amides is 1. The Labute approximate surface area is 139 Å². The second-order valence-electron chi connectivity index (χ2n) is 4.80. The molecule has 1 amide bonds. The summed E-state index contributed by atoms with van der Waals surface area (Å²) >= 11 is 5.71. The number of halogens is 1. The van der Waals surface area contributed by atoms with E-state index in [1.165, 1.54) is 0 Å². The molecule has 0 saturated carbocycles. The zero-order chi connectivity index (χ0) is 17.2. The van der Waals surface area contributed by atoms with E-state index >= 15 is 0 Å². The van der Waals surface area contributed by atoms with Crippen LogP contribution in [0.25, 0.3) is 0 Å². The largest absolute Gasteiger partial charge is 0.385 e. The molecule has 23 heavy (non-hydrogen) atoms. The molecule has 0 aliphatic rings.